The zero-order chi connectivity index (χ0) is 11.1. The topological polar surface area (TPSA) is 50.2 Å². The number of fused-ring (bicyclic) bond motifs is 1. The number of hydrogen-bond donors (Lipinski definition) is 1. The average molecular weight is 221 g/mol. The fourth-order valence-electron chi connectivity index (χ4n) is 1.37. The Balaban J connectivity index is 2.57. The number of rotatable bonds is 2. The molecule has 0 unspecified atom stereocenters. The Morgan fingerprint density at radius 2 is 2.20 bits per heavy atom. The Labute approximate surface area is 91.4 Å². The van der Waals surface area contributed by atoms with Crippen LogP contribution in [0.25, 0.3) is 10.2 Å². The number of nitrogens with zero attached hydrogens (tertiary/aromatic N) is 1. The first-order chi connectivity index (χ1) is 7.01. The monoisotopic (exact) mass is 221 g/mol. The summed E-state index contributed by atoms with van der Waals surface area (Å²) < 4.78 is 1.03. The van der Waals surface area contributed by atoms with E-state index in [2.05, 4.69) is 4.98 Å². The van der Waals surface area contributed by atoms with Crippen LogP contribution in [0.5, 0.6) is 0 Å². The van der Waals surface area contributed by atoms with Gasteiger partial charge in [-0.05, 0) is 31.5 Å². The van der Waals surface area contributed by atoms with Crippen molar-refractivity contribution in [3.63, 3.8) is 0 Å². The van der Waals surface area contributed by atoms with Gasteiger partial charge in [0.25, 0.3) is 0 Å². The van der Waals surface area contributed by atoms with E-state index < -0.39 is 11.4 Å². The summed E-state index contributed by atoms with van der Waals surface area (Å²) in [5, 5.41) is 9.11. The molecule has 0 aliphatic heterocycles. The summed E-state index contributed by atoms with van der Waals surface area (Å²) in [6, 6.07) is 5.60. The molecule has 15 heavy (non-hydrogen) atoms. The number of benzene rings is 1. The summed E-state index contributed by atoms with van der Waals surface area (Å²) in [5.41, 5.74) is 2.65. The maximum atomic E-state index is 11.1. The quantitative estimate of drug-likeness (QED) is 0.848. The third kappa shape index (κ3) is 1.61. The van der Waals surface area contributed by atoms with Gasteiger partial charge in [-0.15, -0.1) is 11.3 Å². The van der Waals surface area contributed by atoms with Crippen molar-refractivity contribution in [1.82, 2.24) is 4.98 Å². The highest BCUT2D eigenvalue weighted by Gasteiger charge is 2.29. The van der Waals surface area contributed by atoms with Gasteiger partial charge in [-0.2, -0.15) is 0 Å². The number of hydrogen-bond acceptors (Lipinski definition) is 3. The molecule has 0 spiro atoms. The lowest BCUT2D eigenvalue weighted by Gasteiger charge is -2.19. The maximum absolute atomic E-state index is 11.1. The fourth-order valence-corrected chi connectivity index (χ4v) is 2.08. The van der Waals surface area contributed by atoms with Crippen molar-refractivity contribution in [2.45, 2.75) is 19.3 Å². The van der Waals surface area contributed by atoms with Crippen molar-refractivity contribution in [2.24, 2.45) is 0 Å². The molecule has 1 aromatic heterocycles. The molecule has 1 heterocycles. The smallest absolute Gasteiger partial charge is 0.313 e. The van der Waals surface area contributed by atoms with Crippen molar-refractivity contribution in [1.29, 1.82) is 0 Å². The van der Waals surface area contributed by atoms with Crippen LogP contribution in [0.1, 0.15) is 19.4 Å². The molecular weight excluding hydrogens is 210 g/mol. The van der Waals surface area contributed by atoms with Crippen LogP contribution < -0.4 is 0 Å². The highest BCUT2D eigenvalue weighted by Crippen LogP contribution is 2.28. The summed E-state index contributed by atoms with van der Waals surface area (Å²) in [6.45, 7) is 3.41. The molecule has 0 amide bonds. The molecule has 1 aromatic carbocycles. The van der Waals surface area contributed by atoms with Gasteiger partial charge >= 0.3 is 5.97 Å². The van der Waals surface area contributed by atoms with Crippen LogP contribution in [0.2, 0.25) is 0 Å². The third-order valence-corrected chi connectivity index (χ3v) is 3.38. The lowest BCUT2D eigenvalue weighted by molar-refractivity contribution is -0.142. The molecule has 3 nitrogen and oxygen atoms in total. The van der Waals surface area contributed by atoms with Gasteiger partial charge in [0.05, 0.1) is 21.1 Å². The molecule has 0 aliphatic rings. The van der Waals surface area contributed by atoms with Crippen molar-refractivity contribution in [3.05, 3.63) is 29.3 Å². The van der Waals surface area contributed by atoms with E-state index >= 15 is 0 Å². The first-order valence-electron chi connectivity index (χ1n) is 4.59. The van der Waals surface area contributed by atoms with E-state index in [-0.39, 0.29) is 0 Å². The Hall–Kier alpha value is -1.42. The van der Waals surface area contributed by atoms with Gasteiger partial charge in [0, 0.05) is 0 Å². The van der Waals surface area contributed by atoms with Crippen LogP contribution >= 0.6 is 11.3 Å². The fraction of sp³-hybridized carbons (Fsp3) is 0.273. The van der Waals surface area contributed by atoms with Gasteiger partial charge in [-0.3, -0.25) is 4.79 Å². The molecule has 2 rings (SSSR count). The highest BCUT2D eigenvalue weighted by atomic mass is 32.1. The standard InChI is InChI=1S/C11H11NO2S/c1-11(2,10(13)14)7-3-4-8-9(5-7)15-6-12-8/h3-6H,1-2H3,(H,13,14). The zero-order valence-corrected chi connectivity index (χ0v) is 9.34. The minimum absolute atomic E-state index is 0.812. The second-order valence-electron chi connectivity index (χ2n) is 3.97. The SMILES string of the molecule is CC(C)(C(=O)O)c1ccc2ncsc2c1. The molecule has 0 bridgehead atoms. The predicted molar refractivity (Wildman–Crippen MR) is 60.3 cm³/mol. The molecular formula is C11H11NO2S. The summed E-state index contributed by atoms with van der Waals surface area (Å²) in [4.78, 5) is 15.2. The molecule has 0 aliphatic carbocycles. The normalized spacial score (nSPS) is 11.9. The summed E-state index contributed by atoms with van der Waals surface area (Å²) in [5.74, 6) is -0.814. The van der Waals surface area contributed by atoms with Crippen molar-refractivity contribution < 1.29 is 9.90 Å². The molecule has 0 saturated carbocycles. The van der Waals surface area contributed by atoms with Gasteiger partial charge < -0.3 is 5.11 Å². The molecule has 0 saturated heterocycles. The van der Waals surface area contributed by atoms with E-state index in [1.165, 1.54) is 11.3 Å². The lowest BCUT2D eigenvalue weighted by atomic mass is 9.85. The van der Waals surface area contributed by atoms with E-state index in [1.54, 1.807) is 19.4 Å². The number of aliphatic carboxylic acids is 1. The second kappa shape index (κ2) is 3.31. The maximum Gasteiger partial charge on any atom is 0.313 e. The second-order valence-corrected chi connectivity index (χ2v) is 4.85. The van der Waals surface area contributed by atoms with Crippen molar-refractivity contribution >= 4 is 27.5 Å². The lowest BCUT2D eigenvalue weighted by Crippen LogP contribution is -2.28. The molecule has 0 fully saturated rings. The number of thiazole rings is 1. The third-order valence-electron chi connectivity index (χ3n) is 2.59. The zero-order valence-electron chi connectivity index (χ0n) is 8.52. The Kier molecular flexibility index (Phi) is 2.23. The molecule has 1 N–H and O–H groups in total. The van der Waals surface area contributed by atoms with Crippen LogP contribution in [-0.4, -0.2) is 16.1 Å². The Bertz CT molecular complexity index is 516. The minimum atomic E-state index is -0.849. The van der Waals surface area contributed by atoms with E-state index in [9.17, 15) is 4.79 Å². The van der Waals surface area contributed by atoms with E-state index in [1.807, 2.05) is 18.2 Å². The van der Waals surface area contributed by atoms with E-state index in [4.69, 9.17) is 5.11 Å². The average Bonchev–Trinajstić information content (AvgIpc) is 2.63. The molecule has 78 valence electrons. The summed E-state index contributed by atoms with van der Waals surface area (Å²) in [7, 11) is 0. The van der Waals surface area contributed by atoms with Crippen molar-refractivity contribution in [3.8, 4) is 0 Å². The number of carboxylic acid groups (broad SMARTS) is 1. The minimum Gasteiger partial charge on any atom is -0.481 e. The van der Waals surface area contributed by atoms with Gasteiger partial charge in [0.2, 0.25) is 0 Å². The predicted octanol–water partition coefficient (Wildman–Crippen LogP) is 2.66. The van der Waals surface area contributed by atoms with Gasteiger partial charge in [-0.1, -0.05) is 6.07 Å². The van der Waals surface area contributed by atoms with Crippen LogP contribution in [0.3, 0.4) is 0 Å². The van der Waals surface area contributed by atoms with Crippen LogP contribution in [0.4, 0.5) is 0 Å². The number of carboxylic acids is 1. The van der Waals surface area contributed by atoms with Crippen LogP contribution in [0.15, 0.2) is 23.7 Å². The Morgan fingerprint density at radius 3 is 2.87 bits per heavy atom. The first-order valence-corrected chi connectivity index (χ1v) is 5.47. The van der Waals surface area contributed by atoms with Crippen LogP contribution in [-0.2, 0) is 10.2 Å². The van der Waals surface area contributed by atoms with Crippen molar-refractivity contribution in [2.75, 3.05) is 0 Å². The first kappa shape index (κ1) is 10.1. The van der Waals surface area contributed by atoms with Gasteiger partial charge in [0.15, 0.2) is 0 Å². The molecule has 0 radical (unpaired) electrons. The summed E-state index contributed by atoms with van der Waals surface area (Å²) in [6.07, 6.45) is 0. The Morgan fingerprint density at radius 1 is 1.47 bits per heavy atom. The number of aromatic nitrogens is 1. The molecule has 0 atom stereocenters. The molecule has 2 aromatic rings. The van der Waals surface area contributed by atoms with E-state index in [0.717, 1.165) is 15.8 Å². The van der Waals surface area contributed by atoms with Gasteiger partial charge in [0.1, 0.15) is 0 Å². The van der Waals surface area contributed by atoms with E-state index in [0.29, 0.717) is 0 Å². The summed E-state index contributed by atoms with van der Waals surface area (Å²) >= 11 is 1.53. The largest absolute Gasteiger partial charge is 0.481 e. The molecule has 4 heteroatoms. The number of carbonyl (C=O) groups is 1. The van der Waals surface area contributed by atoms with Gasteiger partial charge in [-0.25, -0.2) is 4.98 Å². The highest BCUT2D eigenvalue weighted by molar-refractivity contribution is 7.16. The van der Waals surface area contributed by atoms with Crippen LogP contribution in [0, 0.1) is 0 Å².